The summed E-state index contributed by atoms with van der Waals surface area (Å²) in [6.07, 6.45) is 0. The van der Waals surface area contributed by atoms with Gasteiger partial charge < -0.3 is 10.2 Å². The third kappa shape index (κ3) is 2.63. The highest BCUT2D eigenvalue weighted by Crippen LogP contribution is 2.25. The van der Waals surface area contributed by atoms with E-state index in [2.05, 4.69) is 0 Å². The summed E-state index contributed by atoms with van der Waals surface area (Å²) >= 11 is 0. The summed E-state index contributed by atoms with van der Waals surface area (Å²) < 4.78 is 25.7. The fraction of sp³-hybridized carbons (Fsp3) is 0.0769. The molecule has 0 saturated heterocycles. The monoisotopic (exact) mass is 279 g/mol. The Hall–Kier alpha value is -2.21. The van der Waals surface area contributed by atoms with E-state index in [-0.39, 0.29) is 16.4 Å². The fourth-order valence-electron chi connectivity index (χ4n) is 1.60. The van der Waals surface area contributed by atoms with E-state index < -0.39 is 10.0 Å². The number of hydrogen-bond acceptors (Lipinski definition) is 4. The summed E-state index contributed by atoms with van der Waals surface area (Å²) in [6, 6.07) is 11.2. The Morgan fingerprint density at radius 2 is 1.58 bits per heavy atom. The van der Waals surface area contributed by atoms with E-state index in [1.165, 1.54) is 43.4 Å². The molecule has 0 aromatic heterocycles. The van der Waals surface area contributed by atoms with Gasteiger partial charge in [-0.1, -0.05) is 6.07 Å². The van der Waals surface area contributed by atoms with Crippen LogP contribution >= 0.6 is 0 Å². The average molecular weight is 279 g/mol. The van der Waals surface area contributed by atoms with Crippen LogP contribution in [-0.4, -0.2) is 25.7 Å². The lowest BCUT2D eigenvalue weighted by atomic mass is 10.3. The fourth-order valence-corrected chi connectivity index (χ4v) is 2.79. The number of nitrogens with zero attached hydrogens (tertiary/aromatic N) is 1. The number of rotatable bonds is 3. The normalized spacial score (nSPS) is 11.2. The molecule has 2 aromatic rings. The van der Waals surface area contributed by atoms with Gasteiger partial charge in [-0.2, -0.15) is 0 Å². The quantitative estimate of drug-likeness (QED) is 0.899. The van der Waals surface area contributed by atoms with Gasteiger partial charge in [-0.3, -0.25) is 4.31 Å². The zero-order valence-corrected chi connectivity index (χ0v) is 11.0. The molecule has 0 aliphatic heterocycles. The lowest BCUT2D eigenvalue weighted by Crippen LogP contribution is -2.26. The zero-order chi connectivity index (χ0) is 14.0. The van der Waals surface area contributed by atoms with Crippen molar-refractivity contribution in [2.45, 2.75) is 4.90 Å². The van der Waals surface area contributed by atoms with E-state index in [1.807, 2.05) is 0 Å². The van der Waals surface area contributed by atoms with Gasteiger partial charge in [-0.15, -0.1) is 0 Å². The molecule has 0 unspecified atom stereocenters. The predicted octanol–water partition coefficient (Wildman–Crippen LogP) is 1.92. The number of aromatic hydroxyl groups is 2. The molecule has 0 heterocycles. The van der Waals surface area contributed by atoms with Crippen molar-refractivity contribution < 1.29 is 18.6 Å². The summed E-state index contributed by atoms with van der Waals surface area (Å²) in [4.78, 5) is 0.0659. The molecule has 0 fully saturated rings. The minimum Gasteiger partial charge on any atom is -0.508 e. The van der Waals surface area contributed by atoms with Crippen LogP contribution in [0.3, 0.4) is 0 Å². The van der Waals surface area contributed by atoms with Crippen molar-refractivity contribution in [3.05, 3.63) is 48.5 Å². The second-order valence-corrected chi connectivity index (χ2v) is 5.96. The van der Waals surface area contributed by atoms with Gasteiger partial charge in [-0.25, -0.2) is 8.42 Å². The van der Waals surface area contributed by atoms with Crippen LogP contribution < -0.4 is 4.31 Å². The first kappa shape index (κ1) is 13.2. The predicted molar refractivity (Wildman–Crippen MR) is 71.8 cm³/mol. The zero-order valence-electron chi connectivity index (χ0n) is 10.2. The lowest BCUT2D eigenvalue weighted by Gasteiger charge is -2.19. The number of hydrogen-bond donors (Lipinski definition) is 2. The van der Waals surface area contributed by atoms with Crippen molar-refractivity contribution in [1.29, 1.82) is 0 Å². The van der Waals surface area contributed by atoms with E-state index in [4.69, 9.17) is 0 Å². The summed E-state index contributed by atoms with van der Waals surface area (Å²) in [5.74, 6) is -0.00999. The van der Waals surface area contributed by atoms with Crippen LogP contribution in [0.4, 0.5) is 5.69 Å². The maximum atomic E-state index is 12.3. The number of benzene rings is 2. The molecule has 0 bridgehead atoms. The molecule has 19 heavy (non-hydrogen) atoms. The topological polar surface area (TPSA) is 77.8 Å². The number of phenols is 2. The van der Waals surface area contributed by atoms with Crippen LogP contribution in [0.15, 0.2) is 53.4 Å². The van der Waals surface area contributed by atoms with Crippen LogP contribution in [-0.2, 0) is 10.0 Å². The molecular formula is C13H13NO4S. The van der Waals surface area contributed by atoms with Gasteiger partial charge in [0, 0.05) is 13.1 Å². The van der Waals surface area contributed by atoms with Crippen molar-refractivity contribution >= 4 is 15.7 Å². The van der Waals surface area contributed by atoms with Gasteiger partial charge in [0.15, 0.2) is 0 Å². The Labute approximate surface area is 111 Å². The molecular weight excluding hydrogens is 266 g/mol. The largest absolute Gasteiger partial charge is 0.508 e. The highest BCUT2D eigenvalue weighted by molar-refractivity contribution is 7.92. The molecule has 100 valence electrons. The molecule has 5 nitrogen and oxygen atoms in total. The summed E-state index contributed by atoms with van der Waals surface area (Å²) in [6.45, 7) is 0. The molecule has 2 aromatic carbocycles. The Morgan fingerprint density at radius 1 is 0.947 bits per heavy atom. The van der Waals surface area contributed by atoms with Crippen LogP contribution in [0.5, 0.6) is 11.5 Å². The summed E-state index contributed by atoms with van der Waals surface area (Å²) in [5, 5.41) is 18.6. The van der Waals surface area contributed by atoms with Crippen LogP contribution in [0, 0.1) is 0 Å². The second-order valence-electron chi connectivity index (χ2n) is 3.99. The van der Waals surface area contributed by atoms with Gasteiger partial charge in [0.1, 0.15) is 11.5 Å². The van der Waals surface area contributed by atoms with Gasteiger partial charge >= 0.3 is 0 Å². The Kier molecular flexibility index (Phi) is 3.35. The first-order valence-corrected chi connectivity index (χ1v) is 6.92. The molecule has 0 radical (unpaired) electrons. The molecule has 0 aliphatic rings. The molecule has 2 N–H and O–H groups in total. The van der Waals surface area contributed by atoms with Crippen LogP contribution in [0.2, 0.25) is 0 Å². The van der Waals surface area contributed by atoms with E-state index >= 15 is 0 Å². The van der Waals surface area contributed by atoms with Crippen molar-refractivity contribution in [2.24, 2.45) is 0 Å². The highest BCUT2D eigenvalue weighted by atomic mass is 32.2. The summed E-state index contributed by atoms with van der Waals surface area (Å²) in [5.41, 5.74) is 0.355. The minimum atomic E-state index is -3.71. The van der Waals surface area contributed by atoms with Crippen LogP contribution in [0.1, 0.15) is 0 Å². The van der Waals surface area contributed by atoms with Crippen molar-refractivity contribution in [3.63, 3.8) is 0 Å². The molecule has 0 atom stereocenters. The highest BCUT2D eigenvalue weighted by Gasteiger charge is 2.21. The van der Waals surface area contributed by atoms with Crippen molar-refractivity contribution in [1.82, 2.24) is 0 Å². The van der Waals surface area contributed by atoms with Crippen molar-refractivity contribution in [2.75, 3.05) is 11.4 Å². The maximum Gasteiger partial charge on any atom is 0.264 e. The SMILES string of the molecule is CN(c1cccc(O)c1)S(=O)(=O)c1ccc(O)cc1. The Morgan fingerprint density at radius 3 is 2.16 bits per heavy atom. The molecule has 2 rings (SSSR count). The molecule has 0 saturated carbocycles. The third-order valence-electron chi connectivity index (χ3n) is 2.69. The number of anilines is 1. The summed E-state index contributed by atoms with van der Waals surface area (Å²) in [7, 11) is -2.31. The number of sulfonamides is 1. The Bertz CT molecular complexity index is 680. The van der Waals surface area contributed by atoms with E-state index in [9.17, 15) is 18.6 Å². The van der Waals surface area contributed by atoms with Gasteiger partial charge in [0.25, 0.3) is 10.0 Å². The minimum absolute atomic E-state index is 0.000964. The van der Waals surface area contributed by atoms with Gasteiger partial charge in [-0.05, 0) is 36.4 Å². The molecule has 0 aliphatic carbocycles. The third-order valence-corrected chi connectivity index (χ3v) is 4.49. The Balaban J connectivity index is 2.42. The molecule has 6 heteroatoms. The van der Waals surface area contributed by atoms with E-state index in [1.54, 1.807) is 12.1 Å². The second kappa shape index (κ2) is 4.81. The van der Waals surface area contributed by atoms with Gasteiger partial charge in [0.2, 0.25) is 0 Å². The molecule has 0 spiro atoms. The maximum absolute atomic E-state index is 12.3. The standard InChI is InChI=1S/C13H13NO4S/c1-14(10-3-2-4-12(16)9-10)19(17,18)13-7-5-11(15)6-8-13/h2-9,15-16H,1H3. The van der Waals surface area contributed by atoms with E-state index in [0.29, 0.717) is 5.69 Å². The van der Waals surface area contributed by atoms with E-state index in [0.717, 1.165) is 4.31 Å². The smallest absolute Gasteiger partial charge is 0.264 e. The first-order valence-electron chi connectivity index (χ1n) is 5.48. The molecule has 0 amide bonds. The first-order chi connectivity index (χ1) is 8.91. The van der Waals surface area contributed by atoms with Crippen LogP contribution in [0.25, 0.3) is 0 Å². The lowest BCUT2D eigenvalue weighted by molar-refractivity contribution is 0.474. The average Bonchev–Trinajstić information content (AvgIpc) is 2.38. The van der Waals surface area contributed by atoms with Crippen molar-refractivity contribution in [3.8, 4) is 11.5 Å². The van der Waals surface area contributed by atoms with Gasteiger partial charge in [0.05, 0.1) is 10.6 Å². The number of phenolic OH excluding ortho intramolecular Hbond substituents is 2.